The molecule has 1 aromatic heterocycles. The van der Waals surface area contributed by atoms with Crippen molar-refractivity contribution < 1.29 is 4.79 Å². The monoisotopic (exact) mass is 252 g/mol. The Labute approximate surface area is 109 Å². The molecule has 0 saturated carbocycles. The van der Waals surface area contributed by atoms with E-state index in [0.29, 0.717) is 6.54 Å². The molecule has 0 fully saturated rings. The molecule has 5 heteroatoms. The van der Waals surface area contributed by atoms with Crippen LogP contribution in [0.15, 0.2) is 12.3 Å². The first-order valence-electron chi connectivity index (χ1n) is 6.60. The normalized spacial score (nSPS) is 12.4. The van der Waals surface area contributed by atoms with Crippen molar-refractivity contribution in [3.8, 4) is 0 Å². The summed E-state index contributed by atoms with van der Waals surface area (Å²) < 4.78 is 1.85. The molecule has 1 rings (SSSR count). The molecular formula is C13H24N4O. The van der Waals surface area contributed by atoms with Gasteiger partial charge in [0.2, 0.25) is 5.91 Å². The molecule has 102 valence electrons. The summed E-state index contributed by atoms with van der Waals surface area (Å²) in [5.74, 6) is 0.0703. The summed E-state index contributed by atoms with van der Waals surface area (Å²) in [5, 5.41) is 10.2. The number of carbonyl (C=O) groups excluding carboxylic acids is 1. The SMILES string of the molecule is CCCC(C)NC(=O)CNCCc1ccnn1C. The number of nitrogens with zero attached hydrogens (tertiary/aromatic N) is 2. The Balaban J connectivity index is 2.11. The quantitative estimate of drug-likeness (QED) is 0.675. The summed E-state index contributed by atoms with van der Waals surface area (Å²) >= 11 is 0. The lowest BCUT2D eigenvalue weighted by Crippen LogP contribution is -2.39. The minimum absolute atomic E-state index is 0.0703. The zero-order valence-electron chi connectivity index (χ0n) is 11.6. The highest BCUT2D eigenvalue weighted by molar-refractivity contribution is 5.78. The standard InChI is InChI=1S/C13H24N4O/c1-4-5-11(2)16-13(18)10-14-8-6-12-7-9-15-17(12)3/h7,9,11,14H,4-6,8,10H2,1-3H3,(H,16,18). The number of hydrogen-bond donors (Lipinski definition) is 2. The molecular weight excluding hydrogens is 228 g/mol. The first-order valence-corrected chi connectivity index (χ1v) is 6.60. The molecule has 5 nitrogen and oxygen atoms in total. The Kier molecular flexibility index (Phi) is 6.43. The Hall–Kier alpha value is -1.36. The summed E-state index contributed by atoms with van der Waals surface area (Å²) in [6.45, 7) is 5.33. The smallest absolute Gasteiger partial charge is 0.234 e. The maximum Gasteiger partial charge on any atom is 0.234 e. The van der Waals surface area contributed by atoms with Crippen LogP contribution in [0, 0.1) is 0 Å². The highest BCUT2D eigenvalue weighted by atomic mass is 16.1. The second kappa shape index (κ2) is 7.87. The average Bonchev–Trinajstić information content (AvgIpc) is 2.71. The number of aromatic nitrogens is 2. The van der Waals surface area contributed by atoms with E-state index in [1.54, 1.807) is 6.20 Å². The van der Waals surface area contributed by atoms with Gasteiger partial charge in [-0.3, -0.25) is 9.48 Å². The highest BCUT2D eigenvalue weighted by Crippen LogP contribution is 1.96. The lowest BCUT2D eigenvalue weighted by molar-refractivity contribution is -0.120. The van der Waals surface area contributed by atoms with E-state index in [4.69, 9.17) is 0 Å². The van der Waals surface area contributed by atoms with Crippen LogP contribution < -0.4 is 10.6 Å². The van der Waals surface area contributed by atoms with E-state index in [-0.39, 0.29) is 11.9 Å². The second-order valence-electron chi connectivity index (χ2n) is 4.63. The van der Waals surface area contributed by atoms with Crippen molar-refractivity contribution in [3.63, 3.8) is 0 Å². The molecule has 1 heterocycles. The topological polar surface area (TPSA) is 59.0 Å². The third kappa shape index (κ3) is 5.31. The van der Waals surface area contributed by atoms with Crippen molar-refractivity contribution in [3.05, 3.63) is 18.0 Å². The molecule has 0 aliphatic heterocycles. The second-order valence-corrected chi connectivity index (χ2v) is 4.63. The predicted molar refractivity (Wildman–Crippen MR) is 72.3 cm³/mol. The Morgan fingerprint density at radius 1 is 1.56 bits per heavy atom. The Bertz CT molecular complexity index is 362. The van der Waals surface area contributed by atoms with E-state index < -0.39 is 0 Å². The van der Waals surface area contributed by atoms with Gasteiger partial charge >= 0.3 is 0 Å². The largest absolute Gasteiger partial charge is 0.353 e. The van der Waals surface area contributed by atoms with Crippen molar-refractivity contribution in [1.29, 1.82) is 0 Å². The average molecular weight is 252 g/mol. The number of rotatable bonds is 8. The molecule has 0 aliphatic carbocycles. The summed E-state index contributed by atoms with van der Waals surface area (Å²) in [5.41, 5.74) is 1.17. The van der Waals surface area contributed by atoms with Gasteiger partial charge in [-0.25, -0.2) is 0 Å². The van der Waals surface area contributed by atoms with Crippen LogP contribution in [0.1, 0.15) is 32.4 Å². The number of amides is 1. The molecule has 0 aromatic carbocycles. The summed E-state index contributed by atoms with van der Waals surface area (Å²) in [6, 6.07) is 2.26. The Morgan fingerprint density at radius 2 is 2.33 bits per heavy atom. The third-order valence-corrected chi connectivity index (χ3v) is 2.90. The Morgan fingerprint density at radius 3 is 2.94 bits per heavy atom. The summed E-state index contributed by atoms with van der Waals surface area (Å²) in [4.78, 5) is 11.6. The number of hydrogen-bond acceptors (Lipinski definition) is 3. The van der Waals surface area contributed by atoms with Crippen molar-refractivity contribution in [2.45, 2.75) is 39.2 Å². The van der Waals surface area contributed by atoms with Crippen LogP contribution in [0.3, 0.4) is 0 Å². The molecule has 0 aliphatic rings. The van der Waals surface area contributed by atoms with E-state index >= 15 is 0 Å². The van der Waals surface area contributed by atoms with Gasteiger partial charge in [-0.15, -0.1) is 0 Å². The van der Waals surface area contributed by atoms with Crippen LogP contribution in [0.25, 0.3) is 0 Å². The van der Waals surface area contributed by atoms with Gasteiger partial charge in [0.25, 0.3) is 0 Å². The fourth-order valence-corrected chi connectivity index (χ4v) is 1.90. The fourth-order valence-electron chi connectivity index (χ4n) is 1.90. The maximum absolute atomic E-state index is 11.6. The molecule has 1 aromatic rings. The highest BCUT2D eigenvalue weighted by Gasteiger charge is 2.05. The van der Waals surface area contributed by atoms with Crippen LogP contribution in [-0.2, 0) is 18.3 Å². The van der Waals surface area contributed by atoms with Gasteiger partial charge in [0.15, 0.2) is 0 Å². The molecule has 0 spiro atoms. The van der Waals surface area contributed by atoms with Gasteiger partial charge in [0.05, 0.1) is 6.54 Å². The van der Waals surface area contributed by atoms with Gasteiger partial charge in [-0.05, 0) is 19.4 Å². The lowest BCUT2D eigenvalue weighted by Gasteiger charge is -2.13. The predicted octanol–water partition coefficient (Wildman–Crippen LogP) is 0.857. The van der Waals surface area contributed by atoms with Gasteiger partial charge < -0.3 is 10.6 Å². The van der Waals surface area contributed by atoms with Crippen molar-refractivity contribution in [2.24, 2.45) is 7.05 Å². The van der Waals surface area contributed by atoms with Crippen LogP contribution >= 0.6 is 0 Å². The van der Waals surface area contributed by atoms with Gasteiger partial charge in [-0.2, -0.15) is 5.10 Å². The number of aryl methyl sites for hydroxylation is 1. The van der Waals surface area contributed by atoms with Gasteiger partial charge in [-0.1, -0.05) is 13.3 Å². The molecule has 1 unspecified atom stereocenters. The molecule has 2 N–H and O–H groups in total. The van der Waals surface area contributed by atoms with Crippen LogP contribution in [-0.4, -0.2) is 34.8 Å². The molecule has 0 bridgehead atoms. The molecule has 18 heavy (non-hydrogen) atoms. The molecule has 0 radical (unpaired) electrons. The van der Waals surface area contributed by atoms with E-state index in [2.05, 4.69) is 22.7 Å². The third-order valence-electron chi connectivity index (χ3n) is 2.90. The van der Waals surface area contributed by atoms with Gasteiger partial charge in [0, 0.05) is 37.9 Å². The van der Waals surface area contributed by atoms with Crippen molar-refractivity contribution >= 4 is 5.91 Å². The molecule has 0 saturated heterocycles. The molecule has 1 atom stereocenters. The first-order chi connectivity index (χ1) is 8.63. The first kappa shape index (κ1) is 14.7. The summed E-state index contributed by atoms with van der Waals surface area (Å²) in [7, 11) is 1.93. The van der Waals surface area contributed by atoms with E-state index in [0.717, 1.165) is 25.8 Å². The van der Waals surface area contributed by atoms with Crippen molar-refractivity contribution in [1.82, 2.24) is 20.4 Å². The maximum atomic E-state index is 11.6. The number of carbonyl (C=O) groups is 1. The zero-order chi connectivity index (χ0) is 13.4. The van der Waals surface area contributed by atoms with Crippen LogP contribution in [0.4, 0.5) is 0 Å². The van der Waals surface area contributed by atoms with Gasteiger partial charge in [0.1, 0.15) is 0 Å². The van der Waals surface area contributed by atoms with Crippen molar-refractivity contribution in [2.75, 3.05) is 13.1 Å². The zero-order valence-corrected chi connectivity index (χ0v) is 11.6. The lowest BCUT2D eigenvalue weighted by atomic mass is 10.2. The van der Waals surface area contributed by atoms with E-state index in [1.165, 1.54) is 5.69 Å². The minimum Gasteiger partial charge on any atom is -0.353 e. The van der Waals surface area contributed by atoms with Crippen LogP contribution in [0.5, 0.6) is 0 Å². The molecule has 1 amide bonds. The van der Waals surface area contributed by atoms with E-state index in [1.807, 2.05) is 24.7 Å². The fraction of sp³-hybridized carbons (Fsp3) is 0.692. The van der Waals surface area contributed by atoms with E-state index in [9.17, 15) is 4.79 Å². The van der Waals surface area contributed by atoms with Crippen LogP contribution in [0.2, 0.25) is 0 Å². The summed E-state index contributed by atoms with van der Waals surface area (Å²) in [6.07, 6.45) is 4.79. The minimum atomic E-state index is 0.0703. The number of nitrogens with one attached hydrogen (secondary N) is 2.